The largest absolute Gasteiger partial charge is 0.483 e. The van der Waals surface area contributed by atoms with E-state index in [1.54, 1.807) is 24.3 Å². The quantitative estimate of drug-likeness (QED) is 0.749. The van der Waals surface area contributed by atoms with E-state index in [1.807, 2.05) is 32.0 Å². The number of hydrogen-bond acceptors (Lipinski definition) is 4. The lowest BCUT2D eigenvalue weighted by Crippen LogP contribution is -2.36. The highest BCUT2D eigenvalue weighted by atomic mass is 16.5. The predicted molar refractivity (Wildman–Crippen MR) is 99.5 cm³/mol. The molecule has 0 aromatic heterocycles. The molecule has 0 radical (unpaired) electrons. The monoisotopic (exact) mass is 354 g/mol. The van der Waals surface area contributed by atoms with Gasteiger partial charge in [-0.25, -0.2) is 0 Å². The molecular weight excluding hydrogens is 332 g/mol. The van der Waals surface area contributed by atoms with Crippen LogP contribution in [-0.4, -0.2) is 30.7 Å². The van der Waals surface area contributed by atoms with Gasteiger partial charge in [0.25, 0.3) is 5.91 Å². The molecule has 0 saturated carbocycles. The van der Waals surface area contributed by atoms with Crippen LogP contribution in [0.15, 0.2) is 42.5 Å². The topological polar surface area (TPSA) is 84.5 Å². The summed E-state index contributed by atoms with van der Waals surface area (Å²) in [5, 5.41) is 5.26. The molecule has 0 unspecified atom stereocenters. The van der Waals surface area contributed by atoms with Crippen molar-refractivity contribution in [2.75, 3.05) is 18.5 Å². The summed E-state index contributed by atoms with van der Waals surface area (Å²) in [7, 11) is 0. The molecule has 6 nitrogen and oxygen atoms in total. The van der Waals surface area contributed by atoms with Crippen molar-refractivity contribution in [1.29, 1.82) is 0 Å². The molecule has 2 aromatic rings. The summed E-state index contributed by atoms with van der Waals surface area (Å²) in [5.41, 5.74) is 3.18. The van der Waals surface area contributed by atoms with Crippen LogP contribution in [0.2, 0.25) is 0 Å². The van der Waals surface area contributed by atoms with Crippen LogP contribution in [0.4, 0.5) is 5.69 Å². The fourth-order valence-corrected chi connectivity index (χ4v) is 2.34. The van der Waals surface area contributed by atoms with E-state index in [-0.39, 0.29) is 24.8 Å². The molecule has 0 aliphatic rings. The zero-order valence-electron chi connectivity index (χ0n) is 15.1. The van der Waals surface area contributed by atoms with Crippen LogP contribution < -0.4 is 15.4 Å². The van der Waals surface area contributed by atoms with Crippen molar-refractivity contribution in [3.63, 3.8) is 0 Å². The first kappa shape index (κ1) is 19.2. The predicted octanol–water partition coefficient (Wildman–Crippen LogP) is 2.64. The molecular formula is C20H22N2O4. The second-order valence-corrected chi connectivity index (χ2v) is 5.91. The standard InChI is InChI=1S/C20H22N2O4/c1-13-7-6-9-17(14(13)2)22-19(24)11-21-20(25)12-26-18-10-5-4-8-16(18)15(3)23/h4-10H,11-12H2,1-3H3,(H,21,25)(H,22,24). The maximum atomic E-state index is 12.0. The summed E-state index contributed by atoms with van der Waals surface area (Å²) in [6.07, 6.45) is 0. The Hall–Kier alpha value is -3.15. The lowest BCUT2D eigenvalue weighted by molar-refractivity contribution is -0.125. The maximum Gasteiger partial charge on any atom is 0.258 e. The SMILES string of the molecule is CC(=O)c1ccccc1OCC(=O)NCC(=O)Nc1cccc(C)c1C. The van der Waals surface area contributed by atoms with E-state index in [0.717, 1.165) is 16.8 Å². The fraction of sp³-hybridized carbons (Fsp3) is 0.250. The van der Waals surface area contributed by atoms with Gasteiger partial charge < -0.3 is 15.4 Å². The van der Waals surface area contributed by atoms with Crippen molar-refractivity contribution >= 4 is 23.3 Å². The molecule has 0 saturated heterocycles. The molecule has 0 spiro atoms. The summed E-state index contributed by atoms with van der Waals surface area (Å²) < 4.78 is 5.38. The highest BCUT2D eigenvalue weighted by Crippen LogP contribution is 2.18. The van der Waals surface area contributed by atoms with Crippen LogP contribution in [-0.2, 0) is 9.59 Å². The summed E-state index contributed by atoms with van der Waals surface area (Å²) in [5.74, 6) is -0.570. The third-order valence-corrected chi connectivity index (χ3v) is 3.95. The molecule has 136 valence electrons. The first-order valence-corrected chi connectivity index (χ1v) is 8.24. The Labute approximate surface area is 152 Å². The van der Waals surface area contributed by atoms with Crippen molar-refractivity contribution in [3.8, 4) is 5.75 Å². The third-order valence-electron chi connectivity index (χ3n) is 3.95. The average Bonchev–Trinajstić information content (AvgIpc) is 2.62. The zero-order valence-corrected chi connectivity index (χ0v) is 15.1. The smallest absolute Gasteiger partial charge is 0.258 e. The van der Waals surface area contributed by atoms with Gasteiger partial charge in [-0.1, -0.05) is 24.3 Å². The molecule has 26 heavy (non-hydrogen) atoms. The number of anilines is 1. The van der Waals surface area contributed by atoms with E-state index >= 15 is 0 Å². The summed E-state index contributed by atoms with van der Waals surface area (Å²) in [6, 6.07) is 12.3. The minimum atomic E-state index is -0.445. The zero-order chi connectivity index (χ0) is 19.1. The number of hydrogen-bond donors (Lipinski definition) is 2. The normalized spacial score (nSPS) is 10.1. The van der Waals surface area contributed by atoms with Gasteiger partial charge in [-0.2, -0.15) is 0 Å². The molecule has 2 N–H and O–H groups in total. The molecule has 2 amide bonds. The van der Waals surface area contributed by atoms with Crippen molar-refractivity contribution in [3.05, 3.63) is 59.2 Å². The number of benzene rings is 2. The number of amides is 2. The minimum absolute atomic E-state index is 0.145. The van der Waals surface area contributed by atoms with Crippen molar-refractivity contribution in [1.82, 2.24) is 5.32 Å². The lowest BCUT2D eigenvalue weighted by Gasteiger charge is -2.12. The Bertz CT molecular complexity index is 830. The van der Waals surface area contributed by atoms with E-state index in [1.165, 1.54) is 6.92 Å². The highest BCUT2D eigenvalue weighted by molar-refractivity contribution is 5.97. The van der Waals surface area contributed by atoms with Gasteiger partial charge in [-0.15, -0.1) is 0 Å². The van der Waals surface area contributed by atoms with Crippen LogP contribution in [0.3, 0.4) is 0 Å². The Kier molecular flexibility index (Phi) is 6.49. The molecule has 0 fully saturated rings. The number of nitrogens with one attached hydrogen (secondary N) is 2. The molecule has 2 aromatic carbocycles. The van der Waals surface area contributed by atoms with E-state index in [9.17, 15) is 14.4 Å². The summed E-state index contributed by atoms with van der Waals surface area (Å²) in [4.78, 5) is 35.4. The molecule has 6 heteroatoms. The Morgan fingerprint density at radius 2 is 1.69 bits per heavy atom. The van der Waals surface area contributed by atoms with Gasteiger partial charge >= 0.3 is 0 Å². The van der Waals surface area contributed by atoms with Crippen LogP contribution >= 0.6 is 0 Å². The van der Waals surface area contributed by atoms with E-state index in [2.05, 4.69) is 10.6 Å². The van der Waals surface area contributed by atoms with Gasteiger partial charge in [0.1, 0.15) is 5.75 Å². The van der Waals surface area contributed by atoms with Gasteiger partial charge in [-0.3, -0.25) is 14.4 Å². The number of ketones is 1. The number of rotatable bonds is 7. The van der Waals surface area contributed by atoms with Crippen LogP contribution in [0, 0.1) is 13.8 Å². The number of para-hydroxylation sites is 1. The number of Topliss-reactive ketones (excluding diaryl/α,β-unsaturated/α-hetero) is 1. The number of carbonyl (C=O) groups excluding carboxylic acids is 3. The van der Waals surface area contributed by atoms with Crippen LogP contribution in [0.25, 0.3) is 0 Å². The highest BCUT2D eigenvalue weighted by Gasteiger charge is 2.11. The number of aryl methyl sites for hydroxylation is 1. The van der Waals surface area contributed by atoms with Crippen molar-refractivity contribution in [2.24, 2.45) is 0 Å². The number of carbonyl (C=O) groups is 3. The van der Waals surface area contributed by atoms with Crippen molar-refractivity contribution < 1.29 is 19.1 Å². The Morgan fingerprint density at radius 1 is 0.962 bits per heavy atom. The van der Waals surface area contributed by atoms with Gasteiger partial charge in [0.15, 0.2) is 12.4 Å². The molecule has 0 heterocycles. The second-order valence-electron chi connectivity index (χ2n) is 5.91. The minimum Gasteiger partial charge on any atom is -0.483 e. The summed E-state index contributed by atoms with van der Waals surface area (Å²) in [6.45, 7) is 4.87. The molecule has 0 bridgehead atoms. The van der Waals surface area contributed by atoms with E-state index in [0.29, 0.717) is 11.3 Å². The summed E-state index contributed by atoms with van der Waals surface area (Å²) >= 11 is 0. The molecule has 0 aliphatic carbocycles. The Morgan fingerprint density at radius 3 is 2.42 bits per heavy atom. The maximum absolute atomic E-state index is 12.0. The van der Waals surface area contributed by atoms with Gasteiger partial charge in [0, 0.05) is 5.69 Å². The van der Waals surface area contributed by atoms with E-state index in [4.69, 9.17) is 4.74 Å². The van der Waals surface area contributed by atoms with Gasteiger partial charge in [0.05, 0.1) is 12.1 Å². The first-order valence-electron chi connectivity index (χ1n) is 8.24. The van der Waals surface area contributed by atoms with Gasteiger partial charge in [0.2, 0.25) is 5.91 Å². The van der Waals surface area contributed by atoms with Crippen molar-refractivity contribution in [2.45, 2.75) is 20.8 Å². The van der Waals surface area contributed by atoms with E-state index < -0.39 is 5.91 Å². The number of ether oxygens (including phenoxy) is 1. The molecule has 0 aliphatic heterocycles. The van der Waals surface area contributed by atoms with Crippen LogP contribution in [0.5, 0.6) is 5.75 Å². The third kappa shape index (κ3) is 5.17. The second kappa shape index (κ2) is 8.80. The lowest BCUT2D eigenvalue weighted by atomic mass is 10.1. The Balaban J connectivity index is 1.83. The molecule has 2 rings (SSSR count). The first-order chi connectivity index (χ1) is 12.4. The average molecular weight is 354 g/mol. The fourth-order valence-electron chi connectivity index (χ4n) is 2.34. The molecule has 0 atom stereocenters. The van der Waals surface area contributed by atoms with Crippen LogP contribution in [0.1, 0.15) is 28.4 Å². The van der Waals surface area contributed by atoms with Gasteiger partial charge in [-0.05, 0) is 50.1 Å².